The van der Waals surface area contributed by atoms with Gasteiger partial charge in [0, 0.05) is 5.56 Å². The van der Waals surface area contributed by atoms with E-state index in [0.717, 1.165) is 5.57 Å². The fraction of sp³-hybridized carbons (Fsp3) is 0.273. The van der Waals surface area contributed by atoms with E-state index in [1.807, 2.05) is 13.8 Å². The van der Waals surface area contributed by atoms with Gasteiger partial charge in [0.1, 0.15) is 11.9 Å². The lowest BCUT2D eigenvalue weighted by Crippen LogP contribution is -1.98. The molecular weight excluding hydrogens is 247 g/mol. The molecule has 3 heteroatoms. The molecule has 1 aromatic carbocycles. The molecule has 0 aliphatic rings. The Labute approximate surface area is 91.4 Å². The molecule has 1 rings (SSSR count). The Balaban J connectivity index is 3.07. The van der Waals surface area contributed by atoms with Crippen LogP contribution in [0, 0.1) is 5.82 Å². The summed E-state index contributed by atoms with van der Waals surface area (Å²) in [7, 11) is 0. The van der Waals surface area contributed by atoms with Gasteiger partial charge in [0.2, 0.25) is 0 Å². The van der Waals surface area contributed by atoms with Crippen LogP contribution in [0.15, 0.2) is 34.3 Å². The van der Waals surface area contributed by atoms with Crippen molar-refractivity contribution in [1.29, 1.82) is 0 Å². The number of rotatable bonds is 2. The van der Waals surface area contributed by atoms with Gasteiger partial charge in [0.15, 0.2) is 0 Å². The highest BCUT2D eigenvalue weighted by Crippen LogP contribution is 2.24. The van der Waals surface area contributed by atoms with Gasteiger partial charge in [-0.25, -0.2) is 4.39 Å². The summed E-state index contributed by atoms with van der Waals surface area (Å²) < 4.78 is 13.8. The van der Waals surface area contributed by atoms with E-state index in [1.54, 1.807) is 24.3 Å². The quantitative estimate of drug-likeness (QED) is 0.805. The van der Waals surface area contributed by atoms with Crippen molar-refractivity contribution in [2.75, 3.05) is 0 Å². The van der Waals surface area contributed by atoms with E-state index in [0.29, 0.717) is 10.0 Å². The summed E-state index contributed by atoms with van der Waals surface area (Å²) in [6, 6.07) is 4.88. The van der Waals surface area contributed by atoms with Crippen molar-refractivity contribution >= 4 is 15.9 Å². The van der Waals surface area contributed by atoms with Crippen molar-refractivity contribution in [2.24, 2.45) is 0 Å². The Morgan fingerprint density at radius 3 is 2.71 bits per heavy atom. The van der Waals surface area contributed by atoms with Crippen LogP contribution in [-0.2, 0) is 0 Å². The molecule has 0 saturated carbocycles. The summed E-state index contributed by atoms with van der Waals surface area (Å²) >= 11 is 3.07. The molecule has 0 fully saturated rings. The third kappa shape index (κ3) is 2.66. The Bertz CT molecular complexity index is 356. The lowest BCUT2D eigenvalue weighted by atomic mass is 10.1. The first-order valence-electron chi connectivity index (χ1n) is 4.29. The third-order valence-corrected chi connectivity index (χ3v) is 2.40. The normalized spacial score (nSPS) is 12.4. The molecule has 0 radical (unpaired) electrons. The number of aliphatic hydroxyl groups is 1. The number of allylic oxidation sites excluding steroid dienone is 1. The Hall–Kier alpha value is -0.670. The second kappa shape index (κ2) is 4.71. The van der Waals surface area contributed by atoms with Gasteiger partial charge in [-0.15, -0.1) is 0 Å². The van der Waals surface area contributed by atoms with Crippen LogP contribution in [0.25, 0.3) is 0 Å². The zero-order valence-electron chi connectivity index (χ0n) is 8.09. The van der Waals surface area contributed by atoms with E-state index in [9.17, 15) is 9.50 Å². The molecule has 0 aliphatic heterocycles. The SMILES string of the molecule is CC(C)=CC(O)c1cccc(Br)c1F. The van der Waals surface area contributed by atoms with Gasteiger partial charge >= 0.3 is 0 Å². The molecule has 1 aromatic rings. The largest absolute Gasteiger partial charge is 0.384 e. The lowest BCUT2D eigenvalue weighted by Gasteiger charge is -2.09. The molecular formula is C11H12BrFO. The van der Waals surface area contributed by atoms with E-state index in [2.05, 4.69) is 15.9 Å². The third-order valence-electron chi connectivity index (χ3n) is 1.79. The zero-order valence-corrected chi connectivity index (χ0v) is 9.68. The summed E-state index contributed by atoms with van der Waals surface area (Å²) in [6.45, 7) is 3.72. The summed E-state index contributed by atoms with van der Waals surface area (Å²) in [6.07, 6.45) is 0.739. The summed E-state index contributed by atoms with van der Waals surface area (Å²) in [5.41, 5.74) is 1.25. The number of halogens is 2. The van der Waals surface area contributed by atoms with Gasteiger partial charge in [-0.2, -0.15) is 0 Å². The molecule has 1 unspecified atom stereocenters. The summed E-state index contributed by atoms with van der Waals surface area (Å²) in [5.74, 6) is -0.405. The molecule has 1 nitrogen and oxygen atoms in total. The van der Waals surface area contributed by atoms with Gasteiger partial charge in [0.05, 0.1) is 4.47 Å². The molecule has 0 bridgehead atoms. The maximum Gasteiger partial charge on any atom is 0.143 e. The minimum absolute atomic E-state index is 0.292. The highest BCUT2D eigenvalue weighted by molar-refractivity contribution is 9.10. The van der Waals surface area contributed by atoms with Crippen LogP contribution < -0.4 is 0 Å². The average molecular weight is 259 g/mol. The molecule has 1 atom stereocenters. The van der Waals surface area contributed by atoms with Crippen LogP contribution in [0.2, 0.25) is 0 Å². The van der Waals surface area contributed by atoms with E-state index in [-0.39, 0.29) is 0 Å². The molecule has 14 heavy (non-hydrogen) atoms. The van der Waals surface area contributed by atoms with Crippen LogP contribution >= 0.6 is 15.9 Å². The minimum atomic E-state index is -0.877. The number of hydrogen-bond donors (Lipinski definition) is 1. The Morgan fingerprint density at radius 1 is 1.50 bits per heavy atom. The van der Waals surface area contributed by atoms with Gasteiger partial charge in [-0.3, -0.25) is 0 Å². The van der Waals surface area contributed by atoms with Crippen molar-refractivity contribution < 1.29 is 9.50 Å². The minimum Gasteiger partial charge on any atom is -0.384 e. The molecule has 0 heterocycles. The number of hydrogen-bond acceptors (Lipinski definition) is 1. The van der Waals surface area contributed by atoms with Gasteiger partial charge in [0.25, 0.3) is 0 Å². The highest BCUT2D eigenvalue weighted by Gasteiger charge is 2.11. The second-order valence-electron chi connectivity index (χ2n) is 3.33. The molecule has 0 aliphatic carbocycles. The highest BCUT2D eigenvalue weighted by atomic mass is 79.9. The molecule has 0 aromatic heterocycles. The van der Waals surface area contributed by atoms with Gasteiger partial charge in [-0.05, 0) is 35.8 Å². The monoisotopic (exact) mass is 258 g/mol. The number of aliphatic hydroxyl groups excluding tert-OH is 1. The van der Waals surface area contributed by atoms with Crippen LogP contribution in [0.1, 0.15) is 25.5 Å². The maximum absolute atomic E-state index is 13.5. The lowest BCUT2D eigenvalue weighted by molar-refractivity contribution is 0.222. The fourth-order valence-electron chi connectivity index (χ4n) is 1.15. The topological polar surface area (TPSA) is 20.2 Å². The average Bonchev–Trinajstić information content (AvgIpc) is 2.08. The van der Waals surface area contributed by atoms with Gasteiger partial charge < -0.3 is 5.11 Å². The van der Waals surface area contributed by atoms with Crippen molar-refractivity contribution in [3.8, 4) is 0 Å². The first-order chi connectivity index (χ1) is 6.52. The molecule has 0 saturated heterocycles. The van der Waals surface area contributed by atoms with E-state index in [4.69, 9.17) is 0 Å². The van der Waals surface area contributed by atoms with Crippen molar-refractivity contribution in [3.63, 3.8) is 0 Å². The standard InChI is InChI=1S/C11H12BrFO/c1-7(2)6-10(14)8-4-3-5-9(12)11(8)13/h3-6,10,14H,1-2H3. The molecule has 1 N–H and O–H groups in total. The van der Waals surface area contributed by atoms with Crippen molar-refractivity contribution in [2.45, 2.75) is 20.0 Å². The zero-order chi connectivity index (χ0) is 10.7. The number of benzene rings is 1. The summed E-state index contributed by atoms with van der Waals surface area (Å²) in [4.78, 5) is 0. The van der Waals surface area contributed by atoms with Gasteiger partial charge in [-0.1, -0.05) is 23.8 Å². The van der Waals surface area contributed by atoms with E-state index < -0.39 is 11.9 Å². The summed E-state index contributed by atoms with van der Waals surface area (Å²) in [5, 5.41) is 9.66. The molecule has 0 spiro atoms. The first-order valence-corrected chi connectivity index (χ1v) is 5.08. The van der Waals surface area contributed by atoms with Crippen LogP contribution in [-0.4, -0.2) is 5.11 Å². The van der Waals surface area contributed by atoms with E-state index in [1.165, 1.54) is 0 Å². The Kier molecular flexibility index (Phi) is 3.84. The molecule has 0 amide bonds. The Morgan fingerprint density at radius 2 is 2.14 bits per heavy atom. The van der Waals surface area contributed by atoms with Crippen molar-refractivity contribution in [3.05, 3.63) is 45.7 Å². The van der Waals surface area contributed by atoms with E-state index >= 15 is 0 Å². The smallest absolute Gasteiger partial charge is 0.143 e. The maximum atomic E-state index is 13.5. The van der Waals surface area contributed by atoms with Crippen LogP contribution in [0.5, 0.6) is 0 Å². The van der Waals surface area contributed by atoms with Crippen LogP contribution in [0.4, 0.5) is 4.39 Å². The van der Waals surface area contributed by atoms with Crippen LogP contribution in [0.3, 0.4) is 0 Å². The second-order valence-corrected chi connectivity index (χ2v) is 4.19. The first kappa shape index (κ1) is 11.4. The predicted molar refractivity (Wildman–Crippen MR) is 58.5 cm³/mol. The molecule has 76 valence electrons. The predicted octanol–water partition coefficient (Wildman–Crippen LogP) is 3.59. The van der Waals surface area contributed by atoms with Crippen molar-refractivity contribution in [1.82, 2.24) is 0 Å². The fourth-order valence-corrected chi connectivity index (χ4v) is 1.54.